The molecule has 4 aliphatic rings. The molecule has 8 rings (SSSR count). The van der Waals surface area contributed by atoms with Crippen molar-refractivity contribution in [2.24, 2.45) is 5.73 Å². The number of fused-ring (bicyclic) bond motifs is 1. The molecule has 3 fully saturated rings. The van der Waals surface area contributed by atoms with Crippen LogP contribution in [0.4, 0.5) is 10.2 Å². The number of rotatable bonds is 9. The van der Waals surface area contributed by atoms with E-state index in [9.17, 15) is 24.0 Å². The number of aromatic nitrogens is 1. The lowest BCUT2D eigenvalue weighted by Gasteiger charge is -2.43. The third-order valence-electron chi connectivity index (χ3n) is 11.0. The number of primary amides is 1. The Balaban J connectivity index is 0.864. The zero-order valence-corrected chi connectivity index (χ0v) is 30.1. The highest BCUT2D eigenvalue weighted by atomic mass is 19.1. The highest BCUT2D eigenvalue weighted by Gasteiger charge is 2.46. The summed E-state index contributed by atoms with van der Waals surface area (Å²) in [4.78, 5) is 75.3. The van der Waals surface area contributed by atoms with Gasteiger partial charge >= 0.3 is 0 Å². The number of carbonyl (C=O) groups excluding carboxylic acids is 5. The number of imide groups is 2. The van der Waals surface area contributed by atoms with Gasteiger partial charge in [0.2, 0.25) is 11.8 Å². The molecule has 0 spiro atoms. The Hall–Kier alpha value is -5.99. The van der Waals surface area contributed by atoms with E-state index in [1.165, 1.54) is 6.07 Å². The van der Waals surface area contributed by atoms with E-state index in [-0.39, 0.29) is 30.5 Å². The van der Waals surface area contributed by atoms with Crippen LogP contribution < -0.4 is 20.7 Å². The molecular weight excluding hydrogens is 705 g/mol. The van der Waals surface area contributed by atoms with Gasteiger partial charge in [-0.25, -0.2) is 9.37 Å². The van der Waals surface area contributed by atoms with E-state index in [4.69, 9.17) is 15.5 Å². The van der Waals surface area contributed by atoms with Crippen molar-refractivity contribution in [3.05, 3.63) is 107 Å². The van der Waals surface area contributed by atoms with Gasteiger partial charge in [0.05, 0.1) is 22.4 Å². The van der Waals surface area contributed by atoms with Crippen molar-refractivity contribution in [1.82, 2.24) is 25.0 Å². The molecule has 1 atom stereocenters. The Morgan fingerprint density at radius 1 is 0.818 bits per heavy atom. The van der Waals surface area contributed by atoms with Gasteiger partial charge in [-0.15, -0.1) is 0 Å². The molecule has 0 bridgehead atoms. The minimum atomic E-state index is -1.14. The third kappa shape index (κ3) is 7.18. The fraction of sp³-hybridized carbons (Fsp3) is 0.317. The molecule has 3 saturated heterocycles. The number of nitrogens with two attached hydrogens (primary N) is 1. The lowest BCUT2D eigenvalue weighted by Crippen LogP contribution is -2.54. The van der Waals surface area contributed by atoms with Crippen LogP contribution in [0, 0.1) is 5.82 Å². The summed E-state index contributed by atoms with van der Waals surface area (Å²) in [5.41, 5.74) is 7.33. The second-order valence-corrected chi connectivity index (χ2v) is 14.3. The lowest BCUT2D eigenvalue weighted by molar-refractivity contribution is -0.136. The van der Waals surface area contributed by atoms with Crippen molar-refractivity contribution < 1.29 is 33.1 Å². The number of piperazine rings is 1. The summed E-state index contributed by atoms with van der Waals surface area (Å²) < 4.78 is 21.8. The van der Waals surface area contributed by atoms with Gasteiger partial charge in [-0.2, -0.15) is 0 Å². The molecule has 55 heavy (non-hydrogen) atoms. The van der Waals surface area contributed by atoms with Crippen LogP contribution in [0.1, 0.15) is 62.3 Å². The highest BCUT2D eigenvalue weighted by molar-refractivity contribution is 6.23. The van der Waals surface area contributed by atoms with Gasteiger partial charge in [-0.1, -0.05) is 24.3 Å². The van der Waals surface area contributed by atoms with Crippen LogP contribution in [0.15, 0.2) is 78.9 Å². The van der Waals surface area contributed by atoms with Crippen LogP contribution in [0.3, 0.4) is 0 Å². The number of hydrogen-bond donors (Lipinski definition) is 2. The minimum Gasteiger partial charge on any atom is -0.457 e. The predicted molar refractivity (Wildman–Crippen MR) is 200 cm³/mol. The molecule has 3 aromatic carbocycles. The van der Waals surface area contributed by atoms with Crippen LogP contribution in [0.5, 0.6) is 11.5 Å². The monoisotopic (exact) mass is 745 g/mol. The summed E-state index contributed by atoms with van der Waals surface area (Å²) >= 11 is 0. The fourth-order valence-electron chi connectivity index (χ4n) is 8.02. The molecule has 5 amide bonds. The first-order chi connectivity index (χ1) is 26.6. The molecule has 1 aromatic heterocycles. The van der Waals surface area contributed by atoms with E-state index in [1.54, 1.807) is 12.1 Å². The maximum absolute atomic E-state index is 15.8. The summed E-state index contributed by atoms with van der Waals surface area (Å²) in [5, 5.41) is 2.16. The Morgan fingerprint density at radius 2 is 1.53 bits per heavy atom. The summed E-state index contributed by atoms with van der Waals surface area (Å²) in [6.45, 7) is 4.89. The number of para-hydroxylation sites is 1. The van der Waals surface area contributed by atoms with Gasteiger partial charge in [0.1, 0.15) is 29.2 Å². The van der Waals surface area contributed by atoms with Crippen molar-refractivity contribution in [1.29, 1.82) is 0 Å². The Morgan fingerprint density at radius 3 is 2.22 bits per heavy atom. The summed E-state index contributed by atoms with van der Waals surface area (Å²) in [5.74, 6) is -1.88. The van der Waals surface area contributed by atoms with Crippen LogP contribution in [0.2, 0.25) is 0 Å². The fourth-order valence-corrected chi connectivity index (χ4v) is 8.02. The molecule has 0 saturated carbocycles. The summed E-state index contributed by atoms with van der Waals surface area (Å²) in [6, 6.07) is 22.8. The van der Waals surface area contributed by atoms with Crippen LogP contribution >= 0.6 is 0 Å². The summed E-state index contributed by atoms with van der Waals surface area (Å²) in [6.07, 6.45) is 1.87. The van der Waals surface area contributed by atoms with Crippen molar-refractivity contribution in [2.75, 3.05) is 44.2 Å². The largest absolute Gasteiger partial charge is 0.457 e. The molecule has 3 N–H and O–H groups in total. The Kier molecular flexibility index (Phi) is 9.84. The van der Waals surface area contributed by atoms with Crippen molar-refractivity contribution in [3.63, 3.8) is 0 Å². The van der Waals surface area contributed by atoms with Gasteiger partial charge in [0, 0.05) is 69.4 Å². The smallest absolute Gasteiger partial charge is 0.265 e. The normalized spacial score (nSPS) is 19.8. The number of hydrogen-bond acceptors (Lipinski definition) is 10. The highest BCUT2D eigenvalue weighted by Crippen LogP contribution is 2.33. The SMILES string of the molecule is NC(=O)c1ccc(N2CCC(N3CCN(Cc4ccc5c(c4F)C(=O)N(C4CCC(=O)NC4=O)C5=O)CC3)CC2)nc1-c1ccc(Oc2ccccc2)cc1. The molecule has 282 valence electrons. The average molecular weight is 746 g/mol. The second kappa shape index (κ2) is 15.0. The van der Waals surface area contributed by atoms with E-state index in [0.29, 0.717) is 41.7 Å². The topological polar surface area (TPSA) is 158 Å². The number of carbonyl (C=O) groups is 5. The first-order valence-electron chi connectivity index (χ1n) is 18.5. The number of nitrogens with zero attached hydrogens (tertiary/aromatic N) is 5. The zero-order valence-electron chi connectivity index (χ0n) is 30.1. The summed E-state index contributed by atoms with van der Waals surface area (Å²) in [7, 11) is 0. The van der Waals surface area contributed by atoms with Crippen LogP contribution in [0.25, 0.3) is 11.3 Å². The molecule has 0 aliphatic carbocycles. The van der Waals surface area contributed by atoms with E-state index >= 15 is 4.39 Å². The zero-order chi connectivity index (χ0) is 38.2. The minimum absolute atomic E-state index is 0.00449. The Labute approximate surface area is 316 Å². The number of benzene rings is 3. The maximum Gasteiger partial charge on any atom is 0.265 e. The Bertz CT molecular complexity index is 2170. The number of piperidine rings is 2. The van der Waals surface area contributed by atoms with Gasteiger partial charge in [0.15, 0.2) is 0 Å². The molecule has 4 aliphatic heterocycles. The van der Waals surface area contributed by atoms with Gasteiger partial charge in [0.25, 0.3) is 17.7 Å². The van der Waals surface area contributed by atoms with Crippen molar-refractivity contribution in [3.8, 4) is 22.8 Å². The molecule has 5 heterocycles. The molecule has 14 heteroatoms. The number of ether oxygens (including phenoxy) is 1. The number of pyridine rings is 1. The van der Waals surface area contributed by atoms with Gasteiger partial charge in [-0.3, -0.25) is 44.0 Å². The maximum atomic E-state index is 15.8. The number of amides is 5. The number of halogens is 1. The molecule has 4 aromatic rings. The second-order valence-electron chi connectivity index (χ2n) is 14.3. The molecule has 13 nitrogen and oxygen atoms in total. The first kappa shape index (κ1) is 36.0. The quantitative estimate of drug-likeness (QED) is 0.240. The van der Waals surface area contributed by atoms with Gasteiger partial charge < -0.3 is 15.4 Å². The average Bonchev–Trinajstić information content (AvgIpc) is 3.45. The van der Waals surface area contributed by atoms with Crippen LogP contribution in [-0.2, 0) is 16.1 Å². The standard InChI is InChI=1S/C41H40FN7O6/c42-36-26(8-11-30-35(36)41(54)49(40(30)53)32-13-15-34(50)45-39(32)52)24-46-20-22-47(23-21-46)27-16-18-48(19-17-27)33-14-12-31(38(43)51)37(44-33)25-6-9-29(10-7-25)55-28-4-2-1-3-5-28/h1-12,14,27,32H,13,15-24H2,(H2,43,51)(H,45,50,52). The lowest BCUT2D eigenvalue weighted by atomic mass is 10.0. The third-order valence-corrected chi connectivity index (χ3v) is 11.0. The molecule has 0 radical (unpaired) electrons. The number of anilines is 1. The van der Waals surface area contributed by atoms with E-state index in [1.807, 2.05) is 60.7 Å². The number of nitrogens with one attached hydrogen (secondary N) is 1. The van der Waals surface area contributed by atoms with E-state index < -0.39 is 41.4 Å². The van der Waals surface area contributed by atoms with E-state index in [2.05, 4.69) is 20.0 Å². The first-order valence-corrected chi connectivity index (χ1v) is 18.5. The van der Waals surface area contributed by atoms with E-state index in [0.717, 1.165) is 61.1 Å². The predicted octanol–water partition coefficient (Wildman–Crippen LogP) is 3.97. The molecule has 1 unspecified atom stereocenters. The van der Waals surface area contributed by atoms with Crippen LogP contribution in [-0.4, -0.2) is 101 Å². The van der Waals surface area contributed by atoms with Crippen molar-refractivity contribution >= 4 is 35.4 Å². The van der Waals surface area contributed by atoms with Gasteiger partial charge in [-0.05, 0) is 73.9 Å². The van der Waals surface area contributed by atoms with Crippen molar-refractivity contribution in [2.45, 2.75) is 44.3 Å². The molecular formula is C41H40FN7O6.